The standard InChI is InChI=1S/C26H32FN5O2/c1-14-10-19(29-20-7-9-33-13-20)6-8-32(14)25-23(26-28-16(3)31-34-26)15(2)21-11-18(17-4-5-17)12-22(27)24(21)30-25/h11-12,14,17,19-20,29H,4-10,13H2,1-3H3/t14-,19-,20+/m1/s1. The van der Waals surface area contributed by atoms with Crippen LogP contribution in [0.1, 0.15) is 61.9 Å². The number of ether oxygens (including phenoxy) is 1. The van der Waals surface area contributed by atoms with E-state index >= 15 is 4.39 Å². The Kier molecular flexibility index (Phi) is 5.53. The summed E-state index contributed by atoms with van der Waals surface area (Å²) in [6.07, 6.45) is 5.30. The monoisotopic (exact) mass is 465 g/mol. The van der Waals surface area contributed by atoms with Crippen LogP contribution in [0.25, 0.3) is 22.4 Å². The normalized spacial score (nSPS) is 25.4. The molecular weight excluding hydrogens is 433 g/mol. The molecule has 2 aromatic heterocycles. The highest BCUT2D eigenvalue weighted by molar-refractivity contribution is 5.93. The molecule has 0 radical (unpaired) electrons. The van der Waals surface area contributed by atoms with Crippen molar-refractivity contribution >= 4 is 16.7 Å². The van der Waals surface area contributed by atoms with Crippen LogP contribution in [0.2, 0.25) is 0 Å². The van der Waals surface area contributed by atoms with Crippen molar-refractivity contribution < 1.29 is 13.7 Å². The molecule has 2 aliphatic heterocycles. The molecule has 34 heavy (non-hydrogen) atoms. The molecule has 3 atom stereocenters. The smallest absolute Gasteiger partial charge is 0.261 e. The number of anilines is 1. The SMILES string of the molecule is Cc1noc(-c2c(N3CC[C@@H](N[C@H]4CCOC4)C[C@H]3C)nc3c(F)cc(C4CC4)cc3c2C)n1. The number of fused-ring (bicyclic) bond motifs is 1. The van der Waals surface area contributed by atoms with E-state index in [2.05, 4.69) is 33.3 Å². The summed E-state index contributed by atoms with van der Waals surface area (Å²) in [6.45, 7) is 8.52. The van der Waals surface area contributed by atoms with Gasteiger partial charge in [0.15, 0.2) is 5.82 Å². The number of rotatable bonds is 5. The summed E-state index contributed by atoms with van der Waals surface area (Å²) in [5.74, 6) is 1.98. The van der Waals surface area contributed by atoms with Crippen LogP contribution in [0.5, 0.6) is 0 Å². The van der Waals surface area contributed by atoms with Crippen molar-refractivity contribution in [2.75, 3.05) is 24.7 Å². The predicted octanol–water partition coefficient (Wildman–Crippen LogP) is 4.65. The first-order chi connectivity index (χ1) is 16.5. The van der Waals surface area contributed by atoms with Crippen molar-refractivity contribution in [1.29, 1.82) is 0 Å². The molecule has 180 valence electrons. The summed E-state index contributed by atoms with van der Waals surface area (Å²) in [5, 5.41) is 8.64. The van der Waals surface area contributed by atoms with Crippen LogP contribution in [0, 0.1) is 19.7 Å². The quantitative estimate of drug-likeness (QED) is 0.588. The molecule has 1 N–H and O–H groups in total. The lowest BCUT2D eigenvalue weighted by Gasteiger charge is -2.40. The van der Waals surface area contributed by atoms with E-state index in [1.54, 1.807) is 6.07 Å². The zero-order valence-corrected chi connectivity index (χ0v) is 20.1. The van der Waals surface area contributed by atoms with Crippen LogP contribution in [0.3, 0.4) is 0 Å². The minimum Gasteiger partial charge on any atom is -0.380 e. The maximum Gasteiger partial charge on any atom is 0.261 e. The van der Waals surface area contributed by atoms with E-state index in [9.17, 15) is 0 Å². The second-order valence-corrected chi connectivity index (χ2v) is 10.2. The number of piperidine rings is 1. The largest absolute Gasteiger partial charge is 0.380 e. The number of hydrogen-bond donors (Lipinski definition) is 1. The van der Waals surface area contributed by atoms with Gasteiger partial charge in [0, 0.05) is 36.7 Å². The van der Waals surface area contributed by atoms with Crippen LogP contribution in [-0.4, -0.2) is 53.0 Å². The molecule has 0 amide bonds. The molecule has 2 saturated heterocycles. The highest BCUT2D eigenvalue weighted by Crippen LogP contribution is 2.44. The fourth-order valence-corrected chi connectivity index (χ4v) is 5.64. The van der Waals surface area contributed by atoms with E-state index in [0.717, 1.165) is 79.8 Å². The van der Waals surface area contributed by atoms with Gasteiger partial charge in [-0.2, -0.15) is 4.98 Å². The number of halogens is 1. The molecule has 3 aromatic rings. The Bertz CT molecular complexity index is 1220. The summed E-state index contributed by atoms with van der Waals surface area (Å²) >= 11 is 0. The maximum absolute atomic E-state index is 15.3. The Morgan fingerprint density at radius 2 is 1.94 bits per heavy atom. The summed E-state index contributed by atoms with van der Waals surface area (Å²) in [5.41, 5.74) is 3.25. The van der Waals surface area contributed by atoms with Crippen molar-refractivity contribution in [2.24, 2.45) is 0 Å². The highest BCUT2D eigenvalue weighted by Gasteiger charge is 2.33. The van der Waals surface area contributed by atoms with E-state index < -0.39 is 0 Å². The molecule has 8 heteroatoms. The molecule has 6 rings (SSSR count). The number of pyridine rings is 1. The second-order valence-electron chi connectivity index (χ2n) is 10.2. The van der Waals surface area contributed by atoms with Gasteiger partial charge in [-0.25, -0.2) is 9.37 Å². The van der Waals surface area contributed by atoms with Crippen molar-refractivity contribution in [3.05, 3.63) is 34.9 Å². The lowest BCUT2D eigenvalue weighted by molar-refractivity contribution is 0.185. The summed E-state index contributed by atoms with van der Waals surface area (Å²) in [6, 6.07) is 4.89. The van der Waals surface area contributed by atoms with Crippen LogP contribution in [0.15, 0.2) is 16.7 Å². The molecule has 1 saturated carbocycles. The van der Waals surface area contributed by atoms with Gasteiger partial charge >= 0.3 is 0 Å². The van der Waals surface area contributed by atoms with Gasteiger partial charge in [0.1, 0.15) is 17.2 Å². The fraction of sp³-hybridized carbons (Fsp3) is 0.577. The maximum atomic E-state index is 15.3. The first-order valence-electron chi connectivity index (χ1n) is 12.5. The molecule has 7 nitrogen and oxygen atoms in total. The van der Waals surface area contributed by atoms with Gasteiger partial charge in [-0.15, -0.1) is 0 Å². The molecule has 1 aliphatic carbocycles. The van der Waals surface area contributed by atoms with Gasteiger partial charge in [-0.3, -0.25) is 0 Å². The number of nitrogens with zero attached hydrogens (tertiary/aromatic N) is 4. The summed E-state index contributed by atoms with van der Waals surface area (Å²) in [7, 11) is 0. The lowest BCUT2D eigenvalue weighted by Crippen LogP contribution is -2.50. The van der Waals surface area contributed by atoms with Gasteiger partial charge in [0.25, 0.3) is 5.89 Å². The van der Waals surface area contributed by atoms with Crippen molar-refractivity contribution in [2.45, 2.75) is 76.9 Å². The first-order valence-corrected chi connectivity index (χ1v) is 12.5. The number of benzene rings is 1. The number of aryl methyl sites for hydroxylation is 2. The molecule has 1 aromatic carbocycles. The van der Waals surface area contributed by atoms with E-state index in [0.29, 0.717) is 35.2 Å². The average molecular weight is 466 g/mol. The second kappa shape index (κ2) is 8.57. The summed E-state index contributed by atoms with van der Waals surface area (Å²) < 4.78 is 26.5. The third kappa shape index (κ3) is 3.96. The van der Waals surface area contributed by atoms with Crippen molar-refractivity contribution in [1.82, 2.24) is 20.4 Å². The summed E-state index contributed by atoms with van der Waals surface area (Å²) in [4.78, 5) is 11.8. The van der Waals surface area contributed by atoms with Crippen LogP contribution >= 0.6 is 0 Å². The first kappa shape index (κ1) is 21.9. The Hall–Kier alpha value is -2.58. The topological polar surface area (TPSA) is 76.3 Å². The molecule has 0 unspecified atom stereocenters. The van der Waals surface area contributed by atoms with Crippen molar-refractivity contribution in [3.8, 4) is 11.5 Å². The lowest BCUT2D eigenvalue weighted by atomic mass is 9.95. The molecular formula is C26H32FN5O2. The van der Waals surface area contributed by atoms with Crippen LogP contribution < -0.4 is 10.2 Å². The van der Waals surface area contributed by atoms with Gasteiger partial charge in [0.2, 0.25) is 0 Å². The van der Waals surface area contributed by atoms with Crippen LogP contribution in [-0.2, 0) is 4.74 Å². The van der Waals surface area contributed by atoms with E-state index in [-0.39, 0.29) is 11.9 Å². The third-order valence-electron chi connectivity index (χ3n) is 7.65. The molecule has 4 heterocycles. The van der Waals surface area contributed by atoms with Gasteiger partial charge < -0.3 is 19.5 Å². The molecule has 0 bridgehead atoms. The minimum atomic E-state index is -0.248. The van der Waals surface area contributed by atoms with E-state index in [1.165, 1.54) is 0 Å². The van der Waals surface area contributed by atoms with Gasteiger partial charge in [0.05, 0.1) is 12.2 Å². The zero-order valence-electron chi connectivity index (χ0n) is 20.1. The molecule has 0 spiro atoms. The fourth-order valence-electron chi connectivity index (χ4n) is 5.64. The average Bonchev–Trinajstić information content (AvgIpc) is 3.38. The molecule has 3 fully saturated rings. The third-order valence-corrected chi connectivity index (χ3v) is 7.65. The zero-order chi connectivity index (χ0) is 23.4. The van der Waals surface area contributed by atoms with Gasteiger partial charge in [-0.1, -0.05) is 5.16 Å². The Morgan fingerprint density at radius 1 is 1.09 bits per heavy atom. The van der Waals surface area contributed by atoms with E-state index in [4.69, 9.17) is 14.2 Å². The number of hydrogen-bond acceptors (Lipinski definition) is 7. The van der Waals surface area contributed by atoms with E-state index in [1.807, 2.05) is 13.8 Å². The Balaban J connectivity index is 1.40. The predicted molar refractivity (Wildman–Crippen MR) is 129 cm³/mol. The Morgan fingerprint density at radius 3 is 2.62 bits per heavy atom. The van der Waals surface area contributed by atoms with Gasteiger partial charge in [-0.05, 0) is 82.1 Å². The Labute approximate surface area is 199 Å². The highest BCUT2D eigenvalue weighted by atomic mass is 19.1. The number of aromatic nitrogens is 3. The minimum absolute atomic E-state index is 0.231. The molecule has 3 aliphatic rings. The van der Waals surface area contributed by atoms with Crippen LogP contribution in [0.4, 0.5) is 10.2 Å². The van der Waals surface area contributed by atoms with Crippen molar-refractivity contribution in [3.63, 3.8) is 0 Å². The number of nitrogens with one attached hydrogen (secondary N) is 1.